The third-order valence-electron chi connectivity index (χ3n) is 3.85. The van der Waals surface area contributed by atoms with Gasteiger partial charge in [0.2, 0.25) is 0 Å². The van der Waals surface area contributed by atoms with Crippen molar-refractivity contribution in [3.63, 3.8) is 0 Å². The number of alkyl halides is 1. The molecule has 120 valence electrons. The molecule has 20 heavy (non-hydrogen) atoms. The molecule has 3 heteroatoms. The Balaban J connectivity index is 3.43. The van der Waals surface area contributed by atoms with Gasteiger partial charge in [0.05, 0.1) is 6.61 Å². The van der Waals surface area contributed by atoms with Crippen LogP contribution < -0.4 is 0 Å². The van der Waals surface area contributed by atoms with Crippen LogP contribution in [0.5, 0.6) is 0 Å². The lowest BCUT2D eigenvalue weighted by Crippen LogP contribution is -2.09. The monoisotopic (exact) mass is 348 g/mol. The Kier molecular flexibility index (Phi) is 15.3. The van der Waals surface area contributed by atoms with E-state index in [9.17, 15) is 4.79 Å². The number of halogens is 1. The highest BCUT2D eigenvalue weighted by Gasteiger charge is 2.08. The lowest BCUT2D eigenvalue weighted by molar-refractivity contribution is -0.144. The molecule has 1 unspecified atom stereocenters. The first kappa shape index (κ1) is 19.9. The zero-order valence-electron chi connectivity index (χ0n) is 13.5. The van der Waals surface area contributed by atoms with Crippen LogP contribution in [0.25, 0.3) is 0 Å². The van der Waals surface area contributed by atoms with Crippen molar-refractivity contribution in [1.82, 2.24) is 0 Å². The van der Waals surface area contributed by atoms with E-state index in [0.29, 0.717) is 13.0 Å². The zero-order chi connectivity index (χ0) is 15.1. The quantitative estimate of drug-likeness (QED) is 0.223. The van der Waals surface area contributed by atoms with E-state index in [-0.39, 0.29) is 5.97 Å². The summed E-state index contributed by atoms with van der Waals surface area (Å²) in [6.07, 6.45) is 12.5. The summed E-state index contributed by atoms with van der Waals surface area (Å²) in [4.78, 5) is 11.6. The van der Waals surface area contributed by atoms with Crippen LogP contribution in [0.15, 0.2) is 0 Å². The Morgan fingerprint density at radius 1 is 1.00 bits per heavy atom. The summed E-state index contributed by atoms with van der Waals surface area (Å²) in [6.45, 7) is 5.07. The van der Waals surface area contributed by atoms with Gasteiger partial charge in [0.25, 0.3) is 0 Å². The van der Waals surface area contributed by atoms with Crippen LogP contribution in [0.3, 0.4) is 0 Å². The predicted octanol–water partition coefficient (Wildman–Crippen LogP) is 5.87. The van der Waals surface area contributed by atoms with Gasteiger partial charge < -0.3 is 4.74 Å². The fraction of sp³-hybridized carbons (Fsp3) is 0.941. The highest BCUT2D eigenvalue weighted by molar-refractivity contribution is 9.09. The maximum atomic E-state index is 11.6. The fourth-order valence-electron chi connectivity index (χ4n) is 2.35. The molecule has 2 nitrogen and oxygen atoms in total. The van der Waals surface area contributed by atoms with E-state index < -0.39 is 0 Å². The predicted molar refractivity (Wildman–Crippen MR) is 90.4 cm³/mol. The highest BCUT2D eigenvalue weighted by atomic mass is 79.9. The molecule has 0 N–H and O–H groups in total. The molecule has 0 rings (SSSR count). The number of rotatable bonds is 14. The normalized spacial score (nSPS) is 12.3. The van der Waals surface area contributed by atoms with E-state index in [1.54, 1.807) is 0 Å². The lowest BCUT2D eigenvalue weighted by atomic mass is 9.96. The summed E-state index contributed by atoms with van der Waals surface area (Å²) in [6, 6.07) is 0. The first-order chi connectivity index (χ1) is 9.74. The molecule has 0 saturated heterocycles. The van der Waals surface area contributed by atoms with Gasteiger partial charge in [-0.1, -0.05) is 74.7 Å². The van der Waals surface area contributed by atoms with E-state index in [2.05, 4.69) is 29.8 Å². The van der Waals surface area contributed by atoms with Crippen molar-refractivity contribution in [2.45, 2.75) is 84.5 Å². The number of ether oxygens (including phenoxy) is 1. The minimum absolute atomic E-state index is 0.00386. The van der Waals surface area contributed by atoms with Crippen molar-refractivity contribution >= 4 is 21.9 Å². The SMILES string of the molecule is CCCCC(CC)CCOC(=O)CCCCCCCBr. The molecule has 0 fully saturated rings. The van der Waals surface area contributed by atoms with Crippen molar-refractivity contribution in [2.24, 2.45) is 5.92 Å². The smallest absolute Gasteiger partial charge is 0.305 e. The third kappa shape index (κ3) is 13.0. The minimum atomic E-state index is -0.00386. The van der Waals surface area contributed by atoms with Crippen LogP contribution in [-0.4, -0.2) is 17.9 Å². The molecule has 0 aliphatic rings. The van der Waals surface area contributed by atoms with Gasteiger partial charge in [0.15, 0.2) is 0 Å². The van der Waals surface area contributed by atoms with Gasteiger partial charge in [0, 0.05) is 11.8 Å². The summed E-state index contributed by atoms with van der Waals surface area (Å²) in [7, 11) is 0. The van der Waals surface area contributed by atoms with Crippen LogP contribution in [0.1, 0.15) is 84.5 Å². The Morgan fingerprint density at radius 3 is 2.35 bits per heavy atom. The van der Waals surface area contributed by atoms with Crippen LogP contribution in [0.2, 0.25) is 0 Å². The van der Waals surface area contributed by atoms with Crippen molar-refractivity contribution in [2.75, 3.05) is 11.9 Å². The number of carbonyl (C=O) groups excluding carboxylic acids is 1. The van der Waals surface area contributed by atoms with E-state index in [1.807, 2.05) is 0 Å². The topological polar surface area (TPSA) is 26.3 Å². The lowest BCUT2D eigenvalue weighted by Gasteiger charge is -2.14. The first-order valence-electron chi connectivity index (χ1n) is 8.46. The Hall–Kier alpha value is -0.0500. The van der Waals surface area contributed by atoms with Gasteiger partial charge in [-0.05, 0) is 25.2 Å². The number of hydrogen-bond donors (Lipinski definition) is 0. The van der Waals surface area contributed by atoms with E-state index in [4.69, 9.17) is 4.74 Å². The van der Waals surface area contributed by atoms with Crippen LogP contribution in [0.4, 0.5) is 0 Å². The average Bonchev–Trinajstić information content (AvgIpc) is 2.46. The first-order valence-corrected chi connectivity index (χ1v) is 9.58. The van der Waals surface area contributed by atoms with Crippen molar-refractivity contribution in [1.29, 1.82) is 0 Å². The Bertz CT molecular complexity index is 219. The molecule has 0 saturated carbocycles. The van der Waals surface area contributed by atoms with Crippen molar-refractivity contribution < 1.29 is 9.53 Å². The molecule has 0 radical (unpaired) electrons. The molecule has 0 aliphatic carbocycles. The van der Waals surface area contributed by atoms with E-state index >= 15 is 0 Å². The van der Waals surface area contributed by atoms with Gasteiger partial charge in [-0.2, -0.15) is 0 Å². The van der Waals surface area contributed by atoms with E-state index in [0.717, 1.165) is 30.5 Å². The number of unbranched alkanes of at least 4 members (excludes halogenated alkanes) is 5. The molecule has 0 bridgehead atoms. The second-order valence-electron chi connectivity index (χ2n) is 5.63. The second-order valence-corrected chi connectivity index (χ2v) is 6.43. The van der Waals surface area contributed by atoms with Gasteiger partial charge in [-0.15, -0.1) is 0 Å². The summed E-state index contributed by atoms with van der Waals surface area (Å²) < 4.78 is 5.34. The Labute approximate surface area is 134 Å². The molecule has 0 aromatic rings. The molecule has 0 aromatic heterocycles. The van der Waals surface area contributed by atoms with Crippen LogP contribution in [0, 0.1) is 5.92 Å². The van der Waals surface area contributed by atoms with Gasteiger partial charge in [-0.25, -0.2) is 0 Å². The highest BCUT2D eigenvalue weighted by Crippen LogP contribution is 2.16. The number of hydrogen-bond acceptors (Lipinski definition) is 2. The third-order valence-corrected chi connectivity index (χ3v) is 4.41. The van der Waals surface area contributed by atoms with E-state index in [1.165, 1.54) is 44.9 Å². The molecule has 0 heterocycles. The van der Waals surface area contributed by atoms with Gasteiger partial charge in [-0.3, -0.25) is 4.79 Å². The molecular weight excluding hydrogens is 316 g/mol. The van der Waals surface area contributed by atoms with Gasteiger partial charge in [0.1, 0.15) is 0 Å². The summed E-state index contributed by atoms with van der Waals surface area (Å²) in [5, 5.41) is 1.09. The fourth-order valence-corrected chi connectivity index (χ4v) is 2.75. The molecule has 1 atom stereocenters. The van der Waals surface area contributed by atoms with Crippen molar-refractivity contribution in [3.8, 4) is 0 Å². The number of carbonyl (C=O) groups is 1. The summed E-state index contributed by atoms with van der Waals surface area (Å²) in [5.41, 5.74) is 0. The Morgan fingerprint density at radius 2 is 1.70 bits per heavy atom. The number of esters is 1. The summed E-state index contributed by atoms with van der Waals surface area (Å²) >= 11 is 3.43. The summed E-state index contributed by atoms with van der Waals surface area (Å²) in [5.74, 6) is 0.725. The van der Waals surface area contributed by atoms with Crippen molar-refractivity contribution in [3.05, 3.63) is 0 Å². The van der Waals surface area contributed by atoms with Crippen LogP contribution in [-0.2, 0) is 9.53 Å². The zero-order valence-corrected chi connectivity index (χ0v) is 15.1. The van der Waals surface area contributed by atoms with Gasteiger partial charge >= 0.3 is 5.97 Å². The molecule has 0 amide bonds. The molecular formula is C17H33BrO2. The molecule has 0 spiro atoms. The molecule has 0 aromatic carbocycles. The molecule has 0 aliphatic heterocycles. The minimum Gasteiger partial charge on any atom is -0.466 e. The average molecular weight is 349 g/mol. The standard InChI is InChI=1S/C17H33BrO2/c1-3-5-11-16(4-2)13-15-20-17(19)12-9-7-6-8-10-14-18/h16H,3-15H2,1-2H3. The largest absolute Gasteiger partial charge is 0.466 e. The van der Waals surface area contributed by atoms with Crippen LogP contribution >= 0.6 is 15.9 Å². The maximum Gasteiger partial charge on any atom is 0.305 e. The second kappa shape index (κ2) is 15.3. The maximum absolute atomic E-state index is 11.6.